The first kappa shape index (κ1) is 27.3. The Labute approximate surface area is 240 Å². The van der Waals surface area contributed by atoms with Gasteiger partial charge in [-0.25, -0.2) is 4.98 Å². The van der Waals surface area contributed by atoms with Gasteiger partial charge in [-0.05, 0) is 61.4 Å². The Bertz CT molecular complexity index is 1680. The highest BCUT2D eigenvalue weighted by Gasteiger charge is 2.48. The van der Waals surface area contributed by atoms with Crippen LogP contribution in [0.3, 0.4) is 0 Å². The Morgan fingerprint density at radius 2 is 1.77 bits per heavy atom. The van der Waals surface area contributed by atoms with Crippen molar-refractivity contribution in [1.82, 2.24) is 4.98 Å². The summed E-state index contributed by atoms with van der Waals surface area (Å²) in [4.78, 5) is 44.9. The van der Waals surface area contributed by atoms with Gasteiger partial charge >= 0.3 is 5.91 Å². The average Bonchev–Trinajstić information content (AvgIpc) is 3.44. The molecule has 0 aliphatic carbocycles. The first-order valence-corrected chi connectivity index (χ1v) is 13.7. The van der Waals surface area contributed by atoms with Gasteiger partial charge in [0.25, 0.3) is 5.78 Å². The molecule has 1 aliphatic heterocycles. The van der Waals surface area contributed by atoms with Gasteiger partial charge < -0.3 is 9.84 Å². The Hall–Kier alpha value is -4.27. The number of nitrogens with zero attached hydrogens (tertiary/aromatic N) is 2. The van der Waals surface area contributed by atoms with E-state index in [-0.39, 0.29) is 22.2 Å². The number of halogens is 1. The van der Waals surface area contributed by atoms with Crippen molar-refractivity contribution in [3.05, 3.63) is 116 Å². The van der Waals surface area contributed by atoms with Gasteiger partial charge in [-0.1, -0.05) is 64.9 Å². The summed E-state index contributed by atoms with van der Waals surface area (Å²) in [6.45, 7) is 5.48. The van der Waals surface area contributed by atoms with E-state index in [2.05, 4.69) is 4.98 Å². The Morgan fingerprint density at radius 3 is 2.42 bits per heavy atom. The first-order chi connectivity index (χ1) is 19.1. The SMILES string of the molecule is CC(=O)c1sc(N2C(=O)C(=O)/C(=C(/O)c3ccc(OCc4cccc(C)c4)cc3)C2c2cccc(Cl)c2)nc1C. The predicted molar refractivity (Wildman–Crippen MR) is 155 cm³/mol. The minimum atomic E-state index is -0.999. The molecule has 40 heavy (non-hydrogen) atoms. The molecule has 2 heterocycles. The fourth-order valence-electron chi connectivity index (χ4n) is 4.67. The summed E-state index contributed by atoms with van der Waals surface area (Å²) in [5.41, 5.74) is 3.38. The molecule has 4 aromatic rings. The number of thiazole rings is 1. The van der Waals surface area contributed by atoms with Crippen LogP contribution in [0.15, 0.2) is 78.4 Å². The van der Waals surface area contributed by atoms with Crippen LogP contribution < -0.4 is 9.64 Å². The zero-order valence-electron chi connectivity index (χ0n) is 22.0. The average molecular weight is 573 g/mol. The Morgan fingerprint density at radius 1 is 1.05 bits per heavy atom. The molecule has 3 aromatic carbocycles. The number of anilines is 1. The maximum atomic E-state index is 13.4. The molecule has 0 radical (unpaired) electrons. The van der Waals surface area contributed by atoms with Crippen LogP contribution in [0.1, 0.15) is 50.6 Å². The van der Waals surface area contributed by atoms with E-state index in [1.165, 1.54) is 11.8 Å². The number of aliphatic hydroxyl groups excluding tert-OH is 1. The number of hydrogen-bond acceptors (Lipinski definition) is 7. The quantitative estimate of drug-likeness (QED) is 0.113. The lowest BCUT2D eigenvalue weighted by atomic mass is 9.95. The van der Waals surface area contributed by atoms with E-state index < -0.39 is 17.7 Å². The number of rotatable bonds is 7. The second-order valence-electron chi connectivity index (χ2n) is 9.49. The van der Waals surface area contributed by atoms with Crippen molar-refractivity contribution < 1.29 is 24.2 Å². The van der Waals surface area contributed by atoms with Crippen molar-refractivity contribution in [3.8, 4) is 5.75 Å². The molecule has 1 amide bonds. The Balaban J connectivity index is 1.53. The minimum Gasteiger partial charge on any atom is -0.507 e. The van der Waals surface area contributed by atoms with Crippen molar-refractivity contribution in [3.63, 3.8) is 0 Å². The van der Waals surface area contributed by atoms with Gasteiger partial charge in [0.05, 0.1) is 22.2 Å². The normalized spacial score (nSPS) is 16.4. The molecule has 1 aromatic heterocycles. The molecular formula is C31H25ClN2O5S. The summed E-state index contributed by atoms with van der Waals surface area (Å²) in [6, 6.07) is 20.4. The van der Waals surface area contributed by atoms with Gasteiger partial charge in [-0.2, -0.15) is 0 Å². The van der Waals surface area contributed by atoms with Crippen LogP contribution in [0.5, 0.6) is 5.75 Å². The zero-order chi connectivity index (χ0) is 28.6. The standard InChI is InChI=1S/C31H25ClN2O5S/c1-17-6-4-7-20(14-17)16-39-24-12-10-21(11-13-24)27(36)25-26(22-8-5-9-23(32)15-22)34(30(38)28(25)37)31-33-18(2)29(40-31)19(3)35/h4-15,26,36H,16H2,1-3H3/b27-25+. The highest BCUT2D eigenvalue weighted by atomic mass is 35.5. The monoisotopic (exact) mass is 572 g/mol. The largest absolute Gasteiger partial charge is 0.507 e. The van der Waals surface area contributed by atoms with Crippen LogP contribution in [-0.4, -0.2) is 27.6 Å². The number of carbonyl (C=O) groups is 3. The van der Waals surface area contributed by atoms with E-state index in [0.717, 1.165) is 22.5 Å². The van der Waals surface area contributed by atoms with E-state index in [4.69, 9.17) is 16.3 Å². The van der Waals surface area contributed by atoms with Gasteiger partial charge in [0.15, 0.2) is 10.9 Å². The Kier molecular flexibility index (Phi) is 7.56. The van der Waals surface area contributed by atoms with Gasteiger partial charge in [-0.15, -0.1) is 0 Å². The van der Waals surface area contributed by atoms with Crippen LogP contribution in [0, 0.1) is 13.8 Å². The number of aliphatic hydroxyl groups is 1. The lowest BCUT2D eigenvalue weighted by Gasteiger charge is -2.23. The highest BCUT2D eigenvalue weighted by molar-refractivity contribution is 7.18. The summed E-state index contributed by atoms with van der Waals surface area (Å²) < 4.78 is 5.88. The molecule has 1 fully saturated rings. The fourth-order valence-corrected chi connectivity index (χ4v) is 5.85. The smallest absolute Gasteiger partial charge is 0.301 e. The van der Waals surface area contributed by atoms with Gasteiger partial charge in [0.1, 0.15) is 18.1 Å². The molecular weight excluding hydrogens is 548 g/mol. The second-order valence-corrected chi connectivity index (χ2v) is 10.9. The summed E-state index contributed by atoms with van der Waals surface area (Å²) >= 11 is 7.29. The summed E-state index contributed by atoms with van der Waals surface area (Å²) in [5, 5.41) is 12.0. The second kappa shape index (κ2) is 11.1. The number of ketones is 2. The van der Waals surface area contributed by atoms with Crippen molar-refractivity contribution >= 4 is 51.3 Å². The topological polar surface area (TPSA) is 96.8 Å². The number of aryl methyl sites for hydroxylation is 2. The lowest BCUT2D eigenvalue weighted by Crippen LogP contribution is -2.29. The lowest BCUT2D eigenvalue weighted by molar-refractivity contribution is -0.132. The van der Waals surface area contributed by atoms with E-state index >= 15 is 0 Å². The van der Waals surface area contributed by atoms with E-state index in [1.807, 2.05) is 31.2 Å². The number of amides is 1. The third-order valence-corrected chi connectivity index (χ3v) is 8.03. The molecule has 1 aliphatic rings. The van der Waals surface area contributed by atoms with Gasteiger partial charge in [0.2, 0.25) is 0 Å². The fraction of sp³-hybridized carbons (Fsp3) is 0.161. The molecule has 0 saturated carbocycles. The van der Waals surface area contributed by atoms with Crippen molar-refractivity contribution in [1.29, 1.82) is 0 Å². The van der Waals surface area contributed by atoms with Gasteiger partial charge in [-0.3, -0.25) is 19.3 Å². The van der Waals surface area contributed by atoms with Crippen LogP contribution in [0.25, 0.3) is 5.76 Å². The molecule has 1 N–H and O–H groups in total. The van der Waals surface area contributed by atoms with Gasteiger partial charge in [0, 0.05) is 17.5 Å². The maximum absolute atomic E-state index is 13.4. The van der Waals surface area contributed by atoms with E-state index in [9.17, 15) is 19.5 Å². The number of benzene rings is 3. The molecule has 1 unspecified atom stereocenters. The number of hydrogen-bond donors (Lipinski definition) is 1. The molecule has 1 atom stereocenters. The number of carbonyl (C=O) groups excluding carboxylic acids is 3. The predicted octanol–water partition coefficient (Wildman–Crippen LogP) is 6.82. The van der Waals surface area contributed by atoms with Crippen LogP contribution in [0.4, 0.5) is 5.13 Å². The van der Waals surface area contributed by atoms with Crippen molar-refractivity contribution in [2.45, 2.75) is 33.4 Å². The molecule has 5 rings (SSSR count). The first-order valence-electron chi connectivity index (χ1n) is 12.5. The molecule has 9 heteroatoms. The van der Waals surface area contributed by atoms with E-state index in [0.29, 0.717) is 39.1 Å². The van der Waals surface area contributed by atoms with Crippen LogP contribution in [-0.2, 0) is 16.2 Å². The third-order valence-electron chi connectivity index (χ3n) is 6.54. The number of Topliss-reactive ketones (excluding diaryl/α,β-unsaturated/α-hetero) is 2. The van der Waals surface area contributed by atoms with E-state index in [1.54, 1.807) is 55.5 Å². The number of aromatic nitrogens is 1. The summed E-state index contributed by atoms with van der Waals surface area (Å²) in [7, 11) is 0. The molecule has 202 valence electrons. The van der Waals surface area contributed by atoms with Crippen molar-refractivity contribution in [2.24, 2.45) is 0 Å². The van der Waals surface area contributed by atoms with Crippen LogP contribution in [0.2, 0.25) is 5.02 Å². The zero-order valence-corrected chi connectivity index (χ0v) is 23.5. The summed E-state index contributed by atoms with van der Waals surface area (Å²) in [5.74, 6) is -1.66. The number of ether oxygens (including phenoxy) is 1. The van der Waals surface area contributed by atoms with Crippen LogP contribution >= 0.6 is 22.9 Å². The molecule has 7 nitrogen and oxygen atoms in total. The molecule has 1 saturated heterocycles. The highest BCUT2D eigenvalue weighted by Crippen LogP contribution is 2.44. The molecule has 0 bridgehead atoms. The van der Waals surface area contributed by atoms with Crippen molar-refractivity contribution in [2.75, 3.05) is 4.90 Å². The third kappa shape index (κ3) is 5.28. The summed E-state index contributed by atoms with van der Waals surface area (Å²) in [6.07, 6.45) is 0. The minimum absolute atomic E-state index is 0.0991. The molecule has 0 spiro atoms. The maximum Gasteiger partial charge on any atom is 0.301 e.